The van der Waals surface area contributed by atoms with Crippen molar-refractivity contribution < 1.29 is 9.53 Å². The Morgan fingerprint density at radius 3 is 2.75 bits per heavy atom. The van der Waals surface area contributed by atoms with Crippen molar-refractivity contribution in [2.24, 2.45) is 10.9 Å². The van der Waals surface area contributed by atoms with Crippen molar-refractivity contribution in [3.05, 3.63) is 30.3 Å². The minimum absolute atomic E-state index is 0. The molecule has 6 nitrogen and oxygen atoms in total. The number of para-hydroxylation sites is 1. The molecular weight excluding hydrogens is 467 g/mol. The minimum Gasteiger partial charge on any atom is -0.466 e. The maximum atomic E-state index is 12.0. The molecule has 0 bridgehead atoms. The summed E-state index contributed by atoms with van der Waals surface area (Å²) in [7, 11) is 3.93. The first-order valence-electron chi connectivity index (χ1n) is 10.0. The summed E-state index contributed by atoms with van der Waals surface area (Å²) in [4.78, 5) is 20.9. The number of benzene rings is 1. The molecule has 1 aliphatic rings. The summed E-state index contributed by atoms with van der Waals surface area (Å²) in [6.07, 6.45) is 4.08. The van der Waals surface area contributed by atoms with Crippen LogP contribution in [-0.4, -0.2) is 63.7 Å². The van der Waals surface area contributed by atoms with Gasteiger partial charge >= 0.3 is 5.97 Å². The number of nitrogens with one attached hydrogen (secondary N) is 1. The molecular formula is C21H35IN4O2. The maximum Gasteiger partial charge on any atom is 0.310 e. The normalized spacial score (nSPS) is 16.9. The molecule has 1 N–H and O–H groups in total. The van der Waals surface area contributed by atoms with E-state index < -0.39 is 0 Å². The number of likely N-dealkylation sites (tertiary alicyclic amines) is 1. The fraction of sp³-hybridized carbons (Fsp3) is 0.619. The summed E-state index contributed by atoms with van der Waals surface area (Å²) in [5, 5.41) is 3.45. The van der Waals surface area contributed by atoms with E-state index in [0.29, 0.717) is 13.2 Å². The van der Waals surface area contributed by atoms with Crippen LogP contribution in [0.25, 0.3) is 0 Å². The van der Waals surface area contributed by atoms with Gasteiger partial charge in [-0.05, 0) is 44.7 Å². The first-order chi connectivity index (χ1) is 13.2. The lowest BCUT2D eigenvalue weighted by Gasteiger charge is -2.34. The Morgan fingerprint density at radius 1 is 1.32 bits per heavy atom. The van der Waals surface area contributed by atoms with Crippen molar-refractivity contribution in [1.82, 2.24) is 10.2 Å². The van der Waals surface area contributed by atoms with E-state index in [1.165, 1.54) is 5.69 Å². The number of ether oxygens (including phenoxy) is 1. The number of halogens is 1. The van der Waals surface area contributed by atoms with Gasteiger partial charge in [0, 0.05) is 46.0 Å². The van der Waals surface area contributed by atoms with Crippen molar-refractivity contribution >= 4 is 41.6 Å². The van der Waals surface area contributed by atoms with Gasteiger partial charge in [-0.25, -0.2) is 0 Å². The Bertz CT molecular complexity index is 597. The number of unbranched alkanes of at least 4 members (excludes halogenated alkanes) is 1. The van der Waals surface area contributed by atoms with Gasteiger partial charge in [-0.15, -0.1) is 24.0 Å². The van der Waals surface area contributed by atoms with E-state index in [1.54, 1.807) is 7.05 Å². The van der Waals surface area contributed by atoms with Gasteiger partial charge in [0.2, 0.25) is 0 Å². The van der Waals surface area contributed by atoms with Crippen LogP contribution in [0.4, 0.5) is 5.69 Å². The van der Waals surface area contributed by atoms with E-state index in [-0.39, 0.29) is 35.9 Å². The van der Waals surface area contributed by atoms with Crippen LogP contribution in [0, 0.1) is 5.92 Å². The summed E-state index contributed by atoms with van der Waals surface area (Å²) in [6, 6.07) is 10.5. The number of guanidine groups is 1. The van der Waals surface area contributed by atoms with Crippen LogP contribution in [0.15, 0.2) is 35.3 Å². The van der Waals surface area contributed by atoms with Gasteiger partial charge in [0.1, 0.15) is 0 Å². The Kier molecular flexibility index (Phi) is 11.9. The predicted octanol–water partition coefficient (Wildman–Crippen LogP) is 3.37. The molecule has 0 aliphatic carbocycles. The predicted molar refractivity (Wildman–Crippen MR) is 127 cm³/mol. The number of hydrogen-bond acceptors (Lipinski definition) is 4. The van der Waals surface area contributed by atoms with Gasteiger partial charge in [0.15, 0.2) is 5.96 Å². The first-order valence-corrected chi connectivity index (χ1v) is 10.0. The number of esters is 1. The number of piperidine rings is 1. The fourth-order valence-corrected chi connectivity index (χ4v) is 3.44. The van der Waals surface area contributed by atoms with Crippen molar-refractivity contribution in [1.29, 1.82) is 0 Å². The van der Waals surface area contributed by atoms with Gasteiger partial charge in [-0.2, -0.15) is 0 Å². The smallest absolute Gasteiger partial charge is 0.310 e. The highest BCUT2D eigenvalue weighted by Gasteiger charge is 2.28. The largest absolute Gasteiger partial charge is 0.466 e. The topological polar surface area (TPSA) is 57.2 Å². The van der Waals surface area contributed by atoms with Crippen LogP contribution in [0.5, 0.6) is 0 Å². The molecule has 28 heavy (non-hydrogen) atoms. The number of nitrogens with zero attached hydrogens (tertiary/aromatic N) is 3. The molecule has 0 aromatic heterocycles. The maximum absolute atomic E-state index is 12.0. The molecule has 0 saturated carbocycles. The molecule has 1 aliphatic heterocycles. The van der Waals surface area contributed by atoms with E-state index >= 15 is 0 Å². The second-order valence-electron chi connectivity index (χ2n) is 6.98. The van der Waals surface area contributed by atoms with Gasteiger partial charge in [0.25, 0.3) is 0 Å². The number of carbonyl (C=O) groups excluding carboxylic acids is 1. The van der Waals surface area contributed by atoms with E-state index in [9.17, 15) is 4.79 Å². The first kappa shape index (κ1) is 24.5. The minimum atomic E-state index is -0.0818. The summed E-state index contributed by atoms with van der Waals surface area (Å²) >= 11 is 0. The second-order valence-corrected chi connectivity index (χ2v) is 6.98. The van der Waals surface area contributed by atoms with E-state index in [1.807, 2.05) is 13.0 Å². The zero-order chi connectivity index (χ0) is 19.5. The van der Waals surface area contributed by atoms with Gasteiger partial charge < -0.3 is 19.9 Å². The molecule has 0 amide bonds. The molecule has 1 aromatic rings. The number of aliphatic imine (C=N–C) groups is 1. The summed E-state index contributed by atoms with van der Waals surface area (Å²) < 4.78 is 5.18. The van der Waals surface area contributed by atoms with Gasteiger partial charge in [-0.3, -0.25) is 9.79 Å². The Balaban J connectivity index is 0.00000392. The van der Waals surface area contributed by atoms with Crippen LogP contribution in [0.3, 0.4) is 0 Å². The quantitative estimate of drug-likeness (QED) is 0.194. The molecule has 158 valence electrons. The molecule has 1 saturated heterocycles. The molecule has 0 spiro atoms. The SMILES string of the molecule is CCOC(=O)C1CCCN(C(=NC)NCCCCN(C)c2ccccc2)C1.I. The Hall–Kier alpha value is -1.51. The van der Waals surface area contributed by atoms with E-state index in [2.05, 4.69) is 51.4 Å². The van der Waals surface area contributed by atoms with Crippen LogP contribution in [-0.2, 0) is 9.53 Å². The van der Waals surface area contributed by atoms with Crippen molar-refractivity contribution in [3.8, 4) is 0 Å². The lowest BCUT2D eigenvalue weighted by atomic mass is 9.98. The second kappa shape index (κ2) is 13.6. The van der Waals surface area contributed by atoms with Gasteiger partial charge in [0.05, 0.1) is 12.5 Å². The molecule has 0 radical (unpaired) electrons. The lowest BCUT2D eigenvalue weighted by molar-refractivity contribution is -0.149. The summed E-state index contributed by atoms with van der Waals surface area (Å²) in [6.45, 7) is 5.84. The van der Waals surface area contributed by atoms with Crippen molar-refractivity contribution in [3.63, 3.8) is 0 Å². The number of anilines is 1. The average Bonchev–Trinajstić information content (AvgIpc) is 2.71. The molecule has 7 heteroatoms. The molecule has 2 rings (SSSR count). The van der Waals surface area contributed by atoms with Crippen molar-refractivity contribution in [2.75, 3.05) is 51.8 Å². The zero-order valence-electron chi connectivity index (χ0n) is 17.4. The van der Waals surface area contributed by atoms with Crippen LogP contribution >= 0.6 is 24.0 Å². The third-order valence-electron chi connectivity index (χ3n) is 4.95. The highest BCUT2D eigenvalue weighted by Crippen LogP contribution is 2.18. The number of carbonyl (C=O) groups is 1. The fourth-order valence-electron chi connectivity index (χ4n) is 3.44. The highest BCUT2D eigenvalue weighted by atomic mass is 127. The molecule has 1 heterocycles. The van der Waals surface area contributed by atoms with Crippen LogP contribution < -0.4 is 10.2 Å². The van der Waals surface area contributed by atoms with Crippen molar-refractivity contribution in [2.45, 2.75) is 32.6 Å². The summed E-state index contributed by atoms with van der Waals surface area (Å²) in [5.74, 6) is 0.763. The summed E-state index contributed by atoms with van der Waals surface area (Å²) in [5.41, 5.74) is 1.25. The average molecular weight is 502 g/mol. The number of hydrogen-bond donors (Lipinski definition) is 1. The third-order valence-corrected chi connectivity index (χ3v) is 4.95. The number of rotatable bonds is 8. The van der Waals surface area contributed by atoms with Crippen LogP contribution in [0.1, 0.15) is 32.6 Å². The molecule has 1 fully saturated rings. The molecule has 1 atom stereocenters. The van der Waals surface area contributed by atoms with E-state index in [0.717, 1.165) is 51.3 Å². The van der Waals surface area contributed by atoms with Gasteiger partial charge in [-0.1, -0.05) is 18.2 Å². The third kappa shape index (κ3) is 7.85. The zero-order valence-corrected chi connectivity index (χ0v) is 19.7. The molecule has 1 unspecified atom stereocenters. The van der Waals surface area contributed by atoms with Crippen LogP contribution in [0.2, 0.25) is 0 Å². The monoisotopic (exact) mass is 502 g/mol. The lowest BCUT2D eigenvalue weighted by Crippen LogP contribution is -2.48. The Labute approximate surface area is 186 Å². The van der Waals surface area contributed by atoms with E-state index in [4.69, 9.17) is 4.74 Å². The molecule has 1 aromatic carbocycles. The standard InChI is InChI=1S/C21H34N4O2.HI/c1-4-27-20(26)18-11-10-16-25(17-18)21(22-2)23-14-8-9-15-24(3)19-12-6-5-7-13-19;/h5-7,12-13,18H,4,8-11,14-17H2,1-3H3,(H,22,23);1H. The highest BCUT2D eigenvalue weighted by molar-refractivity contribution is 14.0. The Morgan fingerprint density at radius 2 is 2.07 bits per heavy atom.